The third kappa shape index (κ3) is 3.92. The molecule has 0 fully saturated rings. The Morgan fingerprint density at radius 2 is 1.52 bits per heavy atom. The largest absolute Gasteiger partial charge is 0.530 e. The van der Waals surface area contributed by atoms with Crippen LogP contribution in [0.25, 0.3) is 0 Å². The standard InChI is InChI=1S/C13H16Cl2N2O4/c1-3-16(12(18)19)11(17(4-2)13(20)21)8-5-6-9(14)10(15)7-8/h5-7,11H,3-4H2,1-2H3,(H,18,19)(H,20,21)/p-2. The van der Waals surface area contributed by atoms with Gasteiger partial charge in [0.05, 0.1) is 10.0 Å². The molecule has 0 aromatic heterocycles. The van der Waals surface area contributed by atoms with E-state index >= 15 is 0 Å². The second-order valence-corrected chi connectivity index (χ2v) is 4.97. The Morgan fingerprint density at radius 1 is 1.05 bits per heavy atom. The topological polar surface area (TPSA) is 86.7 Å². The van der Waals surface area contributed by atoms with Gasteiger partial charge in [0.1, 0.15) is 18.4 Å². The van der Waals surface area contributed by atoms with Crippen molar-refractivity contribution < 1.29 is 19.8 Å². The first kappa shape index (κ1) is 17.4. The van der Waals surface area contributed by atoms with Gasteiger partial charge in [0.15, 0.2) is 0 Å². The Morgan fingerprint density at radius 3 is 1.86 bits per heavy atom. The molecule has 6 nitrogen and oxygen atoms in total. The molecular formula is C13H14Cl2N2O4-2. The molecule has 0 spiro atoms. The summed E-state index contributed by atoms with van der Waals surface area (Å²) in [6.07, 6.45) is -4.09. The molecule has 1 aromatic rings. The van der Waals surface area contributed by atoms with Crippen molar-refractivity contribution in [2.45, 2.75) is 20.0 Å². The highest BCUT2D eigenvalue weighted by molar-refractivity contribution is 6.42. The lowest BCUT2D eigenvalue weighted by molar-refractivity contribution is -0.282. The molecule has 0 saturated carbocycles. The minimum Gasteiger partial charge on any atom is -0.530 e. The van der Waals surface area contributed by atoms with Gasteiger partial charge in [0, 0.05) is 13.1 Å². The summed E-state index contributed by atoms with van der Waals surface area (Å²) >= 11 is 11.7. The Balaban J connectivity index is 3.38. The van der Waals surface area contributed by atoms with Gasteiger partial charge in [0.25, 0.3) is 0 Å². The fourth-order valence-electron chi connectivity index (χ4n) is 2.00. The van der Waals surface area contributed by atoms with Crippen molar-refractivity contribution in [3.05, 3.63) is 33.8 Å². The Kier molecular flexibility index (Phi) is 6.11. The van der Waals surface area contributed by atoms with Crippen molar-refractivity contribution in [3.8, 4) is 0 Å². The summed E-state index contributed by atoms with van der Waals surface area (Å²) in [5, 5.41) is 23.0. The van der Waals surface area contributed by atoms with E-state index < -0.39 is 18.4 Å². The van der Waals surface area contributed by atoms with E-state index in [0.29, 0.717) is 5.56 Å². The third-order valence-corrected chi connectivity index (χ3v) is 3.72. The second-order valence-electron chi connectivity index (χ2n) is 4.15. The van der Waals surface area contributed by atoms with Gasteiger partial charge in [-0.2, -0.15) is 0 Å². The molecule has 0 aliphatic carbocycles. The number of carbonyl (C=O) groups excluding carboxylic acids is 2. The third-order valence-electron chi connectivity index (χ3n) is 2.98. The van der Waals surface area contributed by atoms with E-state index in [2.05, 4.69) is 0 Å². The number of halogens is 2. The van der Waals surface area contributed by atoms with Crippen LogP contribution < -0.4 is 10.2 Å². The van der Waals surface area contributed by atoms with Crippen molar-refractivity contribution in [1.82, 2.24) is 9.80 Å². The predicted molar refractivity (Wildman–Crippen MR) is 74.8 cm³/mol. The van der Waals surface area contributed by atoms with Gasteiger partial charge in [-0.05, 0) is 31.5 Å². The zero-order valence-electron chi connectivity index (χ0n) is 11.5. The van der Waals surface area contributed by atoms with E-state index in [-0.39, 0.29) is 23.1 Å². The normalized spacial score (nSPS) is 10.5. The monoisotopic (exact) mass is 332 g/mol. The van der Waals surface area contributed by atoms with Gasteiger partial charge in [-0.3, -0.25) is 0 Å². The molecule has 2 amide bonds. The molecule has 0 aliphatic rings. The van der Waals surface area contributed by atoms with Gasteiger partial charge in [-0.25, -0.2) is 0 Å². The fourth-order valence-corrected chi connectivity index (χ4v) is 2.31. The molecule has 0 bridgehead atoms. The molecule has 0 saturated heterocycles. The van der Waals surface area contributed by atoms with Crippen LogP contribution in [-0.4, -0.2) is 35.1 Å². The maximum absolute atomic E-state index is 11.3. The molecule has 0 atom stereocenters. The molecular weight excluding hydrogens is 319 g/mol. The zero-order valence-corrected chi connectivity index (χ0v) is 13.0. The summed E-state index contributed by atoms with van der Waals surface area (Å²) in [6, 6.07) is 4.40. The molecule has 116 valence electrons. The molecule has 0 aliphatic heterocycles. The van der Waals surface area contributed by atoms with E-state index in [9.17, 15) is 19.8 Å². The smallest absolute Gasteiger partial charge is 0.138 e. The zero-order chi connectivity index (χ0) is 16.2. The van der Waals surface area contributed by atoms with Crippen molar-refractivity contribution >= 4 is 35.4 Å². The number of hydrogen-bond acceptors (Lipinski definition) is 4. The quantitative estimate of drug-likeness (QED) is 0.761. The molecule has 21 heavy (non-hydrogen) atoms. The van der Waals surface area contributed by atoms with Crippen LogP contribution >= 0.6 is 23.2 Å². The lowest BCUT2D eigenvalue weighted by atomic mass is 10.1. The highest BCUT2D eigenvalue weighted by Gasteiger charge is 2.26. The average molecular weight is 333 g/mol. The van der Waals surface area contributed by atoms with Gasteiger partial charge < -0.3 is 29.6 Å². The van der Waals surface area contributed by atoms with Crippen LogP contribution in [0.15, 0.2) is 18.2 Å². The number of amides is 2. The van der Waals surface area contributed by atoms with E-state index in [4.69, 9.17) is 23.2 Å². The molecule has 0 heterocycles. The summed E-state index contributed by atoms with van der Waals surface area (Å²) in [5.74, 6) is 0. The Hall–Kier alpha value is -1.66. The van der Waals surface area contributed by atoms with Crippen LogP contribution in [0.5, 0.6) is 0 Å². The summed E-state index contributed by atoms with van der Waals surface area (Å²) in [5.41, 5.74) is 0.363. The van der Waals surface area contributed by atoms with Crippen LogP contribution in [0.3, 0.4) is 0 Å². The van der Waals surface area contributed by atoms with Crippen LogP contribution in [0.2, 0.25) is 10.0 Å². The predicted octanol–water partition coefficient (Wildman–Crippen LogP) is 1.32. The molecule has 0 N–H and O–H groups in total. The Bertz CT molecular complexity index is 517. The fraction of sp³-hybridized carbons (Fsp3) is 0.385. The summed E-state index contributed by atoms with van der Waals surface area (Å²) in [4.78, 5) is 24.3. The first-order valence-electron chi connectivity index (χ1n) is 6.23. The first-order valence-corrected chi connectivity index (χ1v) is 6.99. The number of nitrogens with zero attached hydrogens (tertiary/aromatic N) is 2. The van der Waals surface area contributed by atoms with Crippen LogP contribution in [0, 0.1) is 0 Å². The highest BCUT2D eigenvalue weighted by Crippen LogP contribution is 2.30. The van der Waals surface area contributed by atoms with E-state index in [1.807, 2.05) is 0 Å². The lowest BCUT2D eigenvalue weighted by Gasteiger charge is -2.41. The van der Waals surface area contributed by atoms with Crippen molar-refractivity contribution in [3.63, 3.8) is 0 Å². The number of rotatable bonds is 5. The molecule has 1 aromatic carbocycles. The van der Waals surface area contributed by atoms with E-state index in [1.165, 1.54) is 18.2 Å². The lowest BCUT2D eigenvalue weighted by Crippen LogP contribution is -2.53. The molecule has 1 rings (SSSR count). The number of carbonyl (C=O) groups is 2. The van der Waals surface area contributed by atoms with Gasteiger partial charge >= 0.3 is 0 Å². The minimum absolute atomic E-state index is 0.0387. The maximum atomic E-state index is 11.3. The maximum Gasteiger partial charge on any atom is 0.138 e. The molecule has 0 radical (unpaired) electrons. The van der Waals surface area contributed by atoms with Gasteiger partial charge in [-0.1, -0.05) is 29.3 Å². The van der Waals surface area contributed by atoms with Crippen molar-refractivity contribution in [2.24, 2.45) is 0 Å². The Labute approximate surface area is 132 Å². The first-order chi connectivity index (χ1) is 9.83. The second kappa shape index (κ2) is 7.38. The van der Waals surface area contributed by atoms with Crippen molar-refractivity contribution in [1.29, 1.82) is 0 Å². The molecule has 0 unspecified atom stereocenters. The summed E-state index contributed by atoms with van der Waals surface area (Å²) in [7, 11) is 0. The highest BCUT2D eigenvalue weighted by atomic mass is 35.5. The van der Waals surface area contributed by atoms with Crippen LogP contribution in [-0.2, 0) is 0 Å². The number of benzene rings is 1. The van der Waals surface area contributed by atoms with Crippen molar-refractivity contribution in [2.75, 3.05) is 13.1 Å². The van der Waals surface area contributed by atoms with E-state index in [0.717, 1.165) is 9.80 Å². The minimum atomic E-state index is -1.49. The summed E-state index contributed by atoms with van der Waals surface area (Å²) < 4.78 is 0. The number of hydrogen-bond donors (Lipinski definition) is 0. The SMILES string of the molecule is CCN(C(=O)[O-])C(c1ccc(Cl)c(Cl)c1)N(CC)C(=O)[O-]. The molecule has 8 heteroatoms. The van der Waals surface area contributed by atoms with Crippen LogP contribution in [0.4, 0.5) is 9.59 Å². The average Bonchev–Trinajstić information content (AvgIpc) is 2.41. The van der Waals surface area contributed by atoms with Gasteiger partial charge in [0.2, 0.25) is 0 Å². The number of carboxylic acid groups (broad SMARTS) is 2. The summed E-state index contributed by atoms with van der Waals surface area (Å²) in [6.45, 7) is 3.22. The van der Waals surface area contributed by atoms with Crippen LogP contribution in [0.1, 0.15) is 25.6 Å². The van der Waals surface area contributed by atoms with Gasteiger partial charge in [-0.15, -0.1) is 0 Å². The van der Waals surface area contributed by atoms with E-state index in [1.54, 1.807) is 13.8 Å².